The lowest BCUT2D eigenvalue weighted by atomic mass is 10.0. The number of ketones is 1. The molecule has 0 saturated heterocycles. The summed E-state index contributed by atoms with van der Waals surface area (Å²) in [7, 11) is 3.40. The molecule has 2 rings (SSSR count). The number of unbranched alkanes of at least 4 members (excludes halogenated alkanes) is 2. The summed E-state index contributed by atoms with van der Waals surface area (Å²) in [6, 6.07) is 10.6. The minimum Gasteiger partial charge on any atom is -0.493 e. The highest BCUT2D eigenvalue weighted by Gasteiger charge is 2.14. The van der Waals surface area contributed by atoms with Gasteiger partial charge in [-0.25, -0.2) is 0 Å². The molecular formula is C27H35NO4. The summed E-state index contributed by atoms with van der Waals surface area (Å²) in [4.78, 5) is 26.4. The minimum atomic E-state index is -0.144. The van der Waals surface area contributed by atoms with E-state index in [9.17, 15) is 9.59 Å². The van der Waals surface area contributed by atoms with Crippen LogP contribution in [0.5, 0.6) is 11.5 Å². The van der Waals surface area contributed by atoms with Gasteiger partial charge in [0.05, 0.1) is 18.8 Å². The van der Waals surface area contributed by atoms with Crippen LogP contribution >= 0.6 is 0 Å². The van der Waals surface area contributed by atoms with Gasteiger partial charge in [0, 0.05) is 25.2 Å². The second-order valence-corrected chi connectivity index (χ2v) is 8.00. The fourth-order valence-corrected chi connectivity index (χ4v) is 3.10. The van der Waals surface area contributed by atoms with Gasteiger partial charge in [-0.1, -0.05) is 44.9 Å². The molecule has 0 aromatic heterocycles. The van der Waals surface area contributed by atoms with Gasteiger partial charge in [0.2, 0.25) is 0 Å². The van der Waals surface area contributed by atoms with Crippen molar-refractivity contribution in [3.8, 4) is 11.5 Å². The Balaban J connectivity index is 2.30. The molecule has 5 nitrogen and oxygen atoms in total. The molecule has 1 amide bonds. The Labute approximate surface area is 192 Å². The third-order valence-electron chi connectivity index (χ3n) is 5.08. The van der Waals surface area contributed by atoms with Gasteiger partial charge in [-0.2, -0.15) is 0 Å². The Kier molecular flexibility index (Phi) is 9.99. The molecule has 0 spiro atoms. The summed E-state index contributed by atoms with van der Waals surface area (Å²) in [5, 5.41) is 0. The number of nitrogens with zero attached hydrogens (tertiary/aromatic N) is 1. The van der Waals surface area contributed by atoms with E-state index in [1.54, 1.807) is 44.4 Å². The second kappa shape index (κ2) is 12.7. The van der Waals surface area contributed by atoms with Crippen LogP contribution in [0.25, 0.3) is 6.08 Å². The van der Waals surface area contributed by atoms with E-state index in [0.29, 0.717) is 30.1 Å². The fourth-order valence-electron chi connectivity index (χ4n) is 3.10. The number of aryl methyl sites for hydroxylation is 1. The zero-order chi connectivity index (χ0) is 23.5. The largest absolute Gasteiger partial charge is 0.493 e. The number of hydrogen-bond acceptors (Lipinski definition) is 4. The van der Waals surface area contributed by atoms with Crippen molar-refractivity contribution in [3.63, 3.8) is 0 Å². The smallest absolute Gasteiger partial charge is 0.253 e. The van der Waals surface area contributed by atoms with Crippen LogP contribution in [0.1, 0.15) is 71.4 Å². The normalized spacial score (nSPS) is 10.9. The fraction of sp³-hybridized carbons (Fsp3) is 0.407. The van der Waals surface area contributed by atoms with Crippen LogP contribution in [0.15, 0.2) is 42.5 Å². The Bertz CT molecular complexity index is 929. The topological polar surface area (TPSA) is 55.8 Å². The van der Waals surface area contributed by atoms with Gasteiger partial charge in [0.25, 0.3) is 5.91 Å². The third-order valence-corrected chi connectivity index (χ3v) is 5.08. The summed E-state index contributed by atoms with van der Waals surface area (Å²) in [6.45, 7) is 7.47. The molecule has 0 unspecified atom stereocenters. The van der Waals surface area contributed by atoms with E-state index in [0.717, 1.165) is 42.6 Å². The second-order valence-electron chi connectivity index (χ2n) is 8.00. The van der Waals surface area contributed by atoms with Crippen molar-refractivity contribution in [2.75, 3.05) is 27.3 Å². The first-order valence-corrected chi connectivity index (χ1v) is 11.3. The van der Waals surface area contributed by atoms with Gasteiger partial charge in [-0.15, -0.1) is 0 Å². The number of amides is 1. The molecule has 32 heavy (non-hydrogen) atoms. The summed E-state index contributed by atoms with van der Waals surface area (Å²) < 4.78 is 12.1. The molecule has 5 heteroatoms. The van der Waals surface area contributed by atoms with Crippen LogP contribution in [0, 0.1) is 6.92 Å². The number of ether oxygens (including phenoxy) is 2. The highest BCUT2D eigenvalue weighted by Crippen LogP contribution is 2.34. The van der Waals surface area contributed by atoms with Gasteiger partial charge in [-0.3, -0.25) is 9.59 Å². The maximum Gasteiger partial charge on any atom is 0.253 e. The molecule has 2 aromatic carbocycles. The summed E-state index contributed by atoms with van der Waals surface area (Å²) in [5.74, 6) is 1.23. The van der Waals surface area contributed by atoms with E-state index in [2.05, 4.69) is 13.8 Å². The van der Waals surface area contributed by atoms with E-state index in [1.807, 2.05) is 19.1 Å². The van der Waals surface area contributed by atoms with Crippen LogP contribution in [-0.2, 0) is 0 Å². The molecule has 0 aliphatic carbocycles. The first-order valence-electron chi connectivity index (χ1n) is 11.3. The molecule has 172 valence electrons. The summed E-state index contributed by atoms with van der Waals surface area (Å²) >= 11 is 0. The van der Waals surface area contributed by atoms with Gasteiger partial charge >= 0.3 is 0 Å². The van der Waals surface area contributed by atoms with E-state index in [1.165, 1.54) is 11.0 Å². The van der Waals surface area contributed by atoms with Gasteiger partial charge in [0.1, 0.15) is 11.5 Å². The monoisotopic (exact) mass is 437 g/mol. The third kappa shape index (κ3) is 6.98. The van der Waals surface area contributed by atoms with Gasteiger partial charge in [-0.05, 0) is 55.7 Å². The molecule has 0 heterocycles. The predicted molar refractivity (Wildman–Crippen MR) is 130 cm³/mol. The molecule has 0 radical (unpaired) electrons. The molecule has 0 N–H and O–H groups in total. The Morgan fingerprint density at radius 3 is 2.06 bits per heavy atom. The number of rotatable bonds is 12. The quantitative estimate of drug-likeness (QED) is 0.234. The van der Waals surface area contributed by atoms with E-state index in [-0.39, 0.29) is 11.7 Å². The van der Waals surface area contributed by atoms with Crippen LogP contribution in [-0.4, -0.2) is 43.9 Å². The maximum atomic E-state index is 12.8. The van der Waals surface area contributed by atoms with Gasteiger partial charge < -0.3 is 14.4 Å². The lowest BCUT2D eigenvalue weighted by Gasteiger charge is -2.16. The van der Waals surface area contributed by atoms with Crippen LogP contribution in [0.2, 0.25) is 0 Å². The molecule has 0 aliphatic heterocycles. The van der Waals surface area contributed by atoms with E-state index >= 15 is 0 Å². The Morgan fingerprint density at radius 1 is 0.875 bits per heavy atom. The zero-order valence-corrected chi connectivity index (χ0v) is 19.9. The molecule has 0 fully saturated rings. The van der Waals surface area contributed by atoms with E-state index in [4.69, 9.17) is 9.47 Å². The van der Waals surface area contributed by atoms with Crippen LogP contribution < -0.4 is 9.47 Å². The molecule has 0 saturated carbocycles. The molecule has 0 bridgehead atoms. The number of allylic oxidation sites excluding steroid dienone is 1. The highest BCUT2D eigenvalue weighted by molar-refractivity contribution is 6.07. The van der Waals surface area contributed by atoms with Crippen LogP contribution in [0.3, 0.4) is 0 Å². The minimum absolute atomic E-state index is 0.0953. The zero-order valence-electron chi connectivity index (χ0n) is 19.9. The molecule has 0 aliphatic rings. The van der Waals surface area contributed by atoms with Crippen LogP contribution in [0.4, 0.5) is 0 Å². The predicted octanol–water partition coefficient (Wildman–Crippen LogP) is 5.95. The van der Waals surface area contributed by atoms with Crippen molar-refractivity contribution in [1.82, 2.24) is 4.90 Å². The first kappa shape index (κ1) is 25.2. The number of carbonyl (C=O) groups excluding carboxylic acids is 2. The first-order chi connectivity index (χ1) is 15.4. The van der Waals surface area contributed by atoms with E-state index < -0.39 is 0 Å². The molecular weight excluding hydrogens is 402 g/mol. The summed E-state index contributed by atoms with van der Waals surface area (Å²) in [5.41, 5.74) is 2.85. The SMILES string of the molecule is CCCCOc1ccc(C)c(OCCCC)c1/C=C/C(=O)c1ccc(C(=O)N(C)C)cc1. The maximum absolute atomic E-state index is 12.8. The lowest BCUT2D eigenvalue weighted by Crippen LogP contribution is -2.21. The van der Waals surface area contributed by atoms with Crippen molar-refractivity contribution >= 4 is 17.8 Å². The van der Waals surface area contributed by atoms with Crippen molar-refractivity contribution in [2.45, 2.75) is 46.5 Å². The average Bonchev–Trinajstić information content (AvgIpc) is 2.79. The van der Waals surface area contributed by atoms with Crippen molar-refractivity contribution in [3.05, 3.63) is 64.7 Å². The lowest BCUT2D eigenvalue weighted by molar-refractivity contribution is 0.0827. The molecule has 2 aromatic rings. The highest BCUT2D eigenvalue weighted by atomic mass is 16.5. The standard InChI is InChI=1S/C27H35NO4/c1-6-8-18-31-25-17-10-20(3)26(32-19-9-7-2)23(25)15-16-24(29)21-11-13-22(14-12-21)27(30)28(4)5/h10-17H,6-9,18-19H2,1-5H3/b16-15+. The van der Waals surface area contributed by atoms with Crippen molar-refractivity contribution in [2.24, 2.45) is 0 Å². The number of hydrogen-bond donors (Lipinski definition) is 0. The molecule has 0 atom stereocenters. The Morgan fingerprint density at radius 2 is 1.47 bits per heavy atom. The van der Waals surface area contributed by atoms with Gasteiger partial charge in [0.15, 0.2) is 5.78 Å². The summed E-state index contributed by atoms with van der Waals surface area (Å²) in [6.07, 6.45) is 7.32. The number of carbonyl (C=O) groups is 2. The average molecular weight is 438 g/mol. The Hall–Kier alpha value is -3.08. The van der Waals surface area contributed by atoms with Crippen molar-refractivity contribution < 1.29 is 19.1 Å². The number of benzene rings is 2. The van der Waals surface area contributed by atoms with Crippen molar-refractivity contribution in [1.29, 1.82) is 0 Å².